The lowest BCUT2D eigenvalue weighted by Crippen LogP contribution is -2.35. The van der Waals surface area contributed by atoms with Gasteiger partial charge in [0.15, 0.2) is 9.84 Å². The van der Waals surface area contributed by atoms with Gasteiger partial charge in [-0.2, -0.15) is 0 Å². The maximum atomic E-state index is 12.8. The van der Waals surface area contributed by atoms with Gasteiger partial charge in [-0.1, -0.05) is 103 Å². The second-order valence-corrected chi connectivity index (χ2v) is 15.3. The molecular weight excluding hydrogens is 562 g/mol. The molecule has 252 valence electrons. The fourth-order valence-electron chi connectivity index (χ4n) is 5.07. The minimum absolute atomic E-state index is 0.0664. The third-order valence-corrected chi connectivity index (χ3v) is 9.35. The molecule has 0 bridgehead atoms. The minimum atomic E-state index is -3.33. The van der Waals surface area contributed by atoms with E-state index >= 15 is 0 Å². The average Bonchev–Trinajstić information content (AvgIpc) is 2.95. The summed E-state index contributed by atoms with van der Waals surface area (Å²) in [6.07, 6.45) is 25.2. The summed E-state index contributed by atoms with van der Waals surface area (Å²) in [6, 6.07) is 1.88. The third-order valence-electron chi connectivity index (χ3n) is 7.56. The monoisotopic (exact) mass is 628 g/mol. The largest absolute Gasteiger partial charge is 0.457 e. The first-order valence-corrected chi connectivity index (χ1v) is 19.1. The van der Waals surface area contributed by atoms with Gasteiger partial charge in [0.1, 0.15) is 6.10 Å². The molecule has 0 aliphatic carbocycles. The lowest BCUT2D eigenvalue weighted by Gasteiger charge is -2.23. The average molecular weight is 629 g/mol. The summed E-state index contributed by atoms with van der Waals surface area (Å²) in [5.41, 5.74) is 0. The molecule has 1 rings (SSSR count). The summed E-state index contributed by atoms with van der Waals surface area (Å²) in [7, 11) is 3.11. The van der Waals surface area contributed by atoms with Crippen LogP contribution in [0.1, 0.15) is 122 Å². The van der Waals surface area contributed by atoms with E-state index in [0.717, 1.165) is 30.3 Å². The molecule has 0 fully saturated rings. The molecule has 0 amide bonds. The number of aromatic nitrogens is 2. The van der Waals surface area contributed by atoms with Crippen molar-refractivity contribution in [2.24, 2.45) is 0 Å². The number of hydrogen-bond acceptors (Lipinski definition) is 7. The number of quaternary nitrogens is 1. The smallest absolute Gasteiger partial charge is 0.316 e. The van der Waals surface area contributed by atoms with Crippen LogP contribution >= 0.6 is 0 Å². The summed E-state index contributed by atoms with van der Waals surface area (Å²) >= 11 is 0. The van der Waals surface area contributed by atoms with Crippen LogP contribution in [0.2, 0.25) is 0 Å². The summed E-state index contributed by atoms with van der Waals surface area (Å²) in [5.74, 6) is -0.0529. The molecular formula is C34H66N3O5S+. The predicted molar refractivity (Wildman–Crippen MR) is 178 cm³/mol. The molecule has 1 aromatic rings. The van der Waals surface area contributed by atoms with E-state index in [0.29, 0.717) is 26.2 Å². The molecule has 0 saturated heterocycles. The lowest BCUT2D eigenvalue weighted by atomic mass is 10.0. The first-order chi connectivity index (χ1) is 20.7. The molecule has 9 heteroatoms. The van der Waals surface area contributed by atoms with Gasteiger partial charge in [-0.15, -0.1) is 0 Å². The van der Waals surface area contributed by atoms with E-state index in [1.807, 2.05) is 0 Å². The van der Waals surface area contributed by atoms with Crippen molar-refractivity contribution in [2.45, 2.75) is 129 Å². The summed E-state index contributed by atoms with van der Waals surface area (Å²) < 4.78 is 43.8. The van der Waals surface area contributed by atoms with E-state index in [1.165, 1.54) is 89.9 Å². The number of hydrogen-bond donors (Lipinski definition) is 0. The van der Waals surface area contributed by atoms with Crippen molar-refractivity contribution in [3.63, 3.8) is 0 Å². The summed E-state index contributed by atoms with van der Waals surface area (Å²) in [5, 5.41) is 0. The van der Waals surface area contributed by atoms with Crippen LogP contribution in [0.5, 0.6) is 6.01 Å². The third kappa shape index (κ3) is 26.8. The van der Waals surface area contributed by atoms with Crippen LogP contribution in [0.15, 0.2) is 18.5 Å². The molecule has 0 aromatic carbocycles. The van der Waals surface area contributed by atoms with E-state index in [9.17, 15) is 8.42 Å². The highest BCUT2D eigenvalue weighted by Gasteiger charge is 2.22. The Morgan fingerprint density at radius 3 is 1.70 bits per heavy atom. The molecule has 8 nitrogen and oxygen atoms in total. The van der Waals surface area contributed by atoms with Crippen molar-refractivity contribution in [1.82, 2.24) is 9.97 Å². The summed E-state index contributed by atoms with van der Waals surface area (Å²) in [4.78, 5) is 8.19. The normalized spacial score (nSPS) is 12.9. The predicted octanol–water partition coefficient (Wildman–Crippen LogP) is 7.42. The Balaban J connectivity index is 2.15. The van der Waals surface area contributed by atoms with E-state index in [-0.39, 0.29) is 24.1 Å². The van der Waals surface area contributed by atoms with Crippen LogP contribution in [-0.2, 0) is 19.3 Å². The Morgan fingerprint density at radius 1 is 0.674 bits per heavy atom. The number of sulfone groups is 1. The van der Waals surface area contributed by atoms with E-state index in [4.69, 9.17) is 14.2 Å². The Kier molecular flexibility index (Phi) is 24.0. The maximum Gasteiger partial charge on any atom is 0.316 e. The second kappa shape index (κ2) is 26.0. The van der Waals surface area contributed by atoms with Crippen molar-refractivity contribution in [3.05, 3.63) is 18.5 Å². The van der Waals surface area contributed by atoms with Gasteiger partial charge in [-0.25, -0.2) is 18.4 Å². The number of rotatable bonds is 31. The van der Waals surface area contributed by atoms with Crippen LogP contribution in [-0.4, -0.2) is 94.6 Å². The molecule has 0 saturated carbocycles. The highest BCUT2D eigenvalue weighted by Crippen LogP contribution is 2.14. The highest BCUT2D eigenvalue weighted by molar-refractivity contribution is 7.91. The van der Waals surface area contributed by atoms with Gasteiger partial charge in [0.25, 0.3) is 0 Å². The molecule has 0 N–H and O–H groups in total. The molecule has 1 aromatic heterocycles. The summed E-state index contributed by atoms with van der Waals surface area (Å²) in [6.45, 7) is 5.21. The van der Waals surface area contributed by atoms with Crippen LogP contribution in [0.4, 0.5) is 0 Å². The zero-order chi connectivity index (χ0) is 31.5. The van der Waals surface area contributed by atoms with E-state index in [1.54, 1.807) is 18.5 Å². The standard InChI is InChI=1S/C34H66N3O5S/c1-5-6-7-8-9-10-11-12-13-14-15-16-17-18-19-20-27-41-31-33(42-34-35-24-21-25-36-34)32-43(38,39)30-23-29-40-28-22-26-37(2,3)4/h21,24-25,33H,5-20,22-23,26-32H2,1-4H3/q+1. The highest BCUT2D eigenvalue weighted by atomic mass is 32.2. The zero-order valence-corrected chi connectivity index (χ0v) is 29.1. The molecule has 0 aliphatic heterocycles. The molecule has 1 unspecified atom stereocenters. The van der Waals surface area contributed by atoms with Gasteiger partial charge in [0.05, 0.1) is 52.4 Å². The first kappa shape index (κ1) is 39.7. The van der Waals surface area contributed by atoms with Gasteiger partial charge in [0, 0.05) is 32.0 Å². The molecule has 1 heterocycles. The van der Waals surface area contributed by atoms with Gasteiger partial charge >= 0.3 is 6.01 Å². The Hall–Kier alpha value is -1.29. The lowest BCUT2D eigenvalue weighted by molar-refractivity contribution is -0.870. The molecule has 0 spiro atoms. The van der Waals surface area contributed by atoms with Crippen molar-refractivity contribution in [1.29, 1.82) is 0 Å². The van der Waals surface area contributed by atoms with Crippen molar-refractivity contribution in [3.8, 4) is 6.01 Å². The van der Waals surface area contributed by atoms with Crippen LogP contribution in [0.3, 0.4) is 0 Å². The maximum absolute atomic E-state index is 12.8. The first-order valence-electron chi connectivity index (χ1n) is 17.3. The molecule has 1 atom stereocenters. The minimum Gasteiger partial charge on any atom is -0.457 e. The second-order valence-electron chi connectivity index (χ2n) is 13.1. The van der Waals surface area contributed by atoms with E-state index < -0.39 is 15.9 Å². The van der Waals surface area contributed by atoms with Gasteiger partial charge in [-0.3, -0.25) is 0 Å². The van der Waals surface area contributed by atoms with Gasteiger partial charge < -0.3 is 18.7 Å². The van der Waals surface area contributed by atoms with Gasteiger partial charge in [-0.05, 0) is 18.9 Å². The SMILES string of the molecule is CCCCCCCCCCCCCCCCCCOCC(CS(=O)(=O)CCCOCCC[N+](C)(C)C)Oc1ncccn1. The topological polar surface area (TPSA) is 87.6 Å². The van der Waals surface area contributed by atoms with Crippen LogP contribution in [0, 0.1) is 0 Å². The molecule has 0 aliphatic rings. The van der Waals surface area contributed by atoms with Crippen LogP contribution in [0.25, 0.3) is 0 Å². The number of nitrogens with zero attached hydrogens (tertiary/aromatic N) is 3. The van der Waals surface area contributed by atoms with Crippen molar-refractivity contribution in [2.75, 3.05) is 65.6 Å². The van der Waals surface area contributed by atoms with Crippen molar-refractivity contribution >= 4 is 9.84 Å². The fourth-order valence-corrected chi connectivity index (χ4v) is 6.52. The molecule has 0 radical (unpaired) electrons. The number of unbranched alkanes of at least 4 members (excludes halogenated alkanes) is 15. The Labute approximate surface area is 265 Å². The quantitative estimate of drug-likeness (QED) is 0.0625. The number of ether oxygens (including phenoxy) is 3. The van der Waals surface area contributed by atoms with Crippen LogP contribution < -0.4 is 4.74 Å². The fraction of sp³-hybridized carbons (Fsp3) is 0.882. The van der Waals surface area contributed by atoms with E-state index in [2.05, 4.69) is 38.0 Å². The van der Waals surface area contributed by atoms with Gasteiger partial charge in [0.2, 0.25) is 0 Å². The zero-order valence-electron chi connectivity index (χ0n) is 28.3. The Morgan fingerprint density at radius 2 is 1.16 bits per heavy atom. The molecule has 43 heavy (non-hydrogen) atoms. The Bertz CT molecular complexity index is 849. The van der Waals surface area contributed by atoms with Crippen molar-refractivity contribution < 1.29 is 27.1 Å².